The number of hydrogen-bond acceptors (Lipinski definition) is 3. The van der Waals surface area contributed by atoms with Gasteiger partial charge in [0.15, 0.2) is 0 Å². The molecule has 0 aliphatic heterocycles. The molecule has 0 spiro atoms. The number of hydrogen-bond donors (Lipinski definition) is 2. The molecular formula is C13H15BrFN3O. The minimum atomic E-state index is -0.281. The molecule has 0 saturated carbocycles. The van der Waals surface area contributed by atoms with Crippen molar-refractivity contribution in [1.82, 2.24) is 15.3 Å². The molecule has 102 valence electrons. The highest BCUT2D eigenvalue weighted by atomic mass is 79.9. The smallest absolute Gasteiger partial charge is 0.137 e. The summed E-state index contributed by atoms with van der Waals surface area (Å²) in [5.41, 5.74) is 1.82. The van der Waals surface area contributed by atoms with Gasteiger partial charge in [0, 0.05) is 37.7 Å². The van der Waals surface area contributed by atoms with Crippen LogP contribution in [0.5, 0.6) is 0 Å². The van der Waals surface area contributed by atoms with Gasteiger partial charge in [-0.2, -0.15) is 0 Å². The number of aromatic amines is 1. The Kier molecular flexibility index (Phi) is 5.07. The van der Waals surface area contributed by atoms with Crippen molar-refractivity contribution in [2.24, 2.45) is 0 Å². The molecule has 0 amide bonds. The third kappa shape index (κ3) is 3.86. The zero-order chi connectivity index (χ0) is 13.7. The van der Waals surface area contributed by atoms with Gasteiger partial charge in [0.1, 0.15) is 11.6 Å². The maximum absolute atomic E-state index is 13.2. The van der Waals surface area contributed by atoms with E-state index in [9.17, 15) is 4.39 Å². The lowest BCUT2D eigenvalue weighted by Gasteiger charge is -2.02. The first-order valence-corrected chi connectivity index (χ1v) is 6.69. The number of imidazole rings is 1. The highest BCUT2D eigenvalue weighted by Crippen LogP contribution is 2.23. The summed E-state index contributed by atoms with van der Waals surface area (Å²) in [6, 6.07) is 4.82. The Hall–Kier alpha value is -1.24. The first-order valence-electron chi connectivity index (χ1n) is 5.89. The van der Waals surface area contributed by atoms with Crippen molar-refractivity contribution in [1.29, 1.82) is 0 Å². The second-order valence-electron chi connectivity index (χ2n) is 4.06. The molecule has 19 heavy (non-hydrogen) atoms. The van der Waals surface area contributed by atoms with Gasteiger partial charge in [-0.1, -0.05) is 0 Å². The lowest BCUT2D eigenvalue weighted by Crippen LogP contribution is -2.18. The van der Waals surface area contributed by atoms with Gasteiger partial charge in [-0.25, -0.2) is 9.37 Å². The number of ether oxygens (including phenoxy) is 1. The predicted molar refractivity (Wildman–Crippen MR) is 75.3 cm³/mol. The van der Waals surface area contributed by atoms with Crippen molar-refractivity contribution in [3.8, 4) is 11.4 Å². The first-order chi connectivity index (χ1) is 9.20. The van der Waals surface area contributed by atoms with Crippen molar-refractivity contribution < 1.29 is 9.13 Å². The number of H-pyrrole nitrogens is 1. The van der Waals surface area contributed by atoms with Gasteiger partial charge in [0.2, 0.25) is 0 Å². The normalized spacial score (nSPS) is 10.9. The third-order valence-corrected chi connectivity index (χ3v) is 3.23. The highest BCUT2D eigenvalue weighted by Gasteiger charge is 2.06. The second kappa shape index (κ2) is 6.79. The summed E-state index contributed by atoms with van der Waals surface area (Å²) < 4.78 is 18.5. The van der Waals surface area contributed by atoms with E-state index in [0.717, 1.165) is 23.6 Å². The van der Waals surface area contributed by atoms with Crippen LogP contribution in [0.2, 0.25) is 0 Å². The minimum Gasteiger partial charge on any atom is -0.383 e. The Balaban J connectivity index is 2.01. The topological polar surface area (TPSA) is 49.9 Å². The molecule has 0 aliphatic rings. The van der Waals surface area contributed by atoms with E-state index in [-0.39, 0.29) is 5.82 Å². The van der Waals surface area contributed by atoms with Crippen LogP contribution in [0.1, 0.15) is 5.69 Å². The summed E-state index contributed by atoms with van der Waals surface area (Å²) in [4.78, 5) is 7.48. The number of halogens is 2. The molecule has 2 rings (SSSR count). The molecule has 4 nitrogen and oxygen atoms in total. The van der Waals surface area contributed by atoms with E-state index in [1.807, 2.05) is 0 Å². The number of methoxy groups -OCH3 is 1. The Morgan fingerprint density at radius 1 is 1.47 bits per heavy atom. The summed E-state index contributed by atoms with van der Waals surface area (Å²) in [5.74, 6) is 0.445. The predicted octanol–water partition coefficient (Wildman–Crippen LogP) is 2.71. The van der Waals surface area contributed by atoms with E-state index >= 15 is 0 Å². The summed E-state index contributed by atoms with van der Waals surface area (Å²) in [6.07, 6.45) is 1.77. The maximum Gasteiger partial charge on any atom is 0.137 e. The van der Waals surface area contributed by atoms with Crippen LogP contribution in [0.15, 0.2) is 28.9 Å². The van der Waals surface area contributed by atoms with E-state index in [1.54, 1.807) is 25.4 Å². The molecule has 2 aromatic rings. The molecule has 1 aromatic heterocycles. The molecule has 1 heterocycles. The van der Waals surface area contributed by atoms with Crippen LogP contribution in [0.3, 0.4) is 0 Å². The summed E-state index contributed by atoms with van der Waals surface area (Å²) in [7, 11) is 1.67. The van der Waals surface area contributed by atoms with Gasteiger partial charge in [0.25, 0.3) is 0 Å². The Bertz CT molecular complexity index is 544. The van der Waals surface area contributed by atoms with Crippen molar-refractivity contribution in [2.45, 2.75) is 6.54 Å². The van der Waals surface area contributed by atoms with Crippen LogP contribution in [0.25, 0.3) is 11.4 Å². The number of nitrogens with zero attached hydrogens (tertiary/aromatic N) is 1. The summed E-state index contributed by atoms with van der Waals surface area (Å²) in [5, 5.41) is 3.22. The van der Waals surface area contributed by atoms with Crippen molar-refractivity contribution in [3.63, 3.8) is 0 Å². The molecule has 0 radical (unpaired) electrons. The largest absolute Gasteiger partial charge is 0.383 e. The Morgan fingerprint density at radius 2 is 2.32 bits per heavy atom. The average molecular weight is 328 g/mol. The molecule has 0 atom stereocenters. The van der Waals surface area contributed by atoms with Crippen LogP contribution in [0, 0.1) is 5.82 Å². The maximum atomic E-state index is 13.2. The average Bonchev–Trinajstić information content (AvgIpc) is 2.87. The Morgan fingerprint density at radius 3 is 3.05 bits per heavy atom. The number of benzene rings is 1. The third-order valence-electron chi connectivity index (χ3n) is 2.62. The van der Waals surface area contributed by atoms with E-state index in [1.165, 1.54) is 6.07 Å². The number of nitrogens with one attached hydrogen (secondary N) is 2. The monoisotopic (exact) mass is 327 g/mol. The van der Waals surface area contributed by atoms with Crippen LogP contribution in [-0.4, -0.2) is 30.2 Å². The molecule has 0 bridgehead atoms. The quantitative estimate of drug-likeness (QED) is 0.802. The van der Waals surface area contributed by atoms with Crippen molar-refractivity contribution >= 4 is 15.9 Å². The Labute approximate surface area is 119 Å². The van der Waals surface area contributed by atoms with E-state index in [4.69, 9.17) is 4.74 Å². The van der Waals surface area contributed by atoms with Gasteiger partial charge in [-0.05, 0) is 34.1 Å². The number of aromatic nitrogens is 2. The van der Waals surface area contributed by atoms with Gasteiger partial charge in [0.05, 0.1) is 11.1 Å². The highest BCUT2D eigenvalue weighted by molar-refractivity contribution is 9.10. The van der Waals surface area contributed by atoms with Crippen LogP contribution < -0.4 is 5.32 Å². The van der Waals surface area contributed by atoms with Crippen molar-refractivity contribution in [2.75, 3.05) is 20.3 Å². The fraction of sp³-hybridized carbons (Fsp3) is 0.308. The molecule has 0 aliphatic carbocycles. The van der Waals surface area contributed by atoms with Crippen LogP contribution in [-0.2, 0) is 11.3 Å². The lowest BCUT2D eigenvalue weighted by molar-refractivity contribution is 0.199. The van der Waals surface area contributed by atoms with E-state index in [2.05, 4.69) is 31.2 Å². The minimum absolute atomic E-state index is 0.281. The van der Waals surface area contributed by atoms with Gasteiger partial charge >= 0.3 is 0 Å². The summed E-state index contributed by atoms with van der Waals surface area (Å²) >= 11 is 3.17. The SMILES string of the molecule is COCCNCc1cnc(-c2ccc(F)c(Br)c2)[nH]1. The van der Waals surface area contributed by atoms with E-state index in [0.29, 0.717) is 17.6 Å². The van der Waals surface area contributed by atoms with Crippen LogP contribution in [0.4, 0.5) is 4.39 Å². The molecule has 1 aromatic carbocycles. The zero-order valence-electron chi connectivity index (χ0n) is 10.5. The lowest BCUT2D eigenvalue weighted by atomic mass is 10.2. The van der Waals surface area contributed by atoms with Crippen molar-refractivity contribution in [3.05, 3.63) is 40.4 Å². The van der Waals surface area contributed by atoms with Gasteiger partial charge in [-0.3, -0.25) is 0 Å². The van der Waals surface area contributed by atoms with Gasteiger partial charge in [-0.15, -0.1) is 0 Å². The second-order valence-corrected chi connectivity index (χ2v) is 4.91. The standard InChI is InChI=1S/C13H15BrFN3O/c1-19-5-4-16-7-10-8-17-13(18-10)9-2-3-12(15)11(14)6-9/h2-3,6,8,16H,4-5,7H2,1H3,(H,17,18). The molecule has 0 fully saturated rings. The molecule has 6 heteroatoms. The molecule has 2 N–H and O–H groups in total. The molecule has 0 unspecified atom stereocenters. The fourth-order valence-corrected chi connectivity index (χ4v) is 2.02. The van der Waals surface area contributed by atoms with Crippen LogP contribution >= 0.6 is 15.9 Å². The molecular weight excluding hydrogens is 313 g/mol. The van der Waals surface area contributed by atoms with E-state index < -0.39 is 0 Å². The first kappa shape index (κ1) is 14.2. The zero-order valence-corrected chi connectivity index (χ0v) is 12.1. The fourth-order valence-electron chi connectivity index (χ4n) is 1.64. The summed E-state index contributed by atoms with van der Waals surface area (Å²) in [6.45, 7) is 2.15. The number of rotatable bonds is 6. The molecule has 0 saturated heterocycles. The van der Waals surface area contributed by atoms with Gasteiger partial charge < -0.3 is 15.0 Å².